The minimum atomic E-state index is 0.836. The molecule has 0 bridgehead atoms. The van der Waals surface area contributed by atoms with Crippen LogP contribution in [-0.2, 0) is 6.54 Å². The predicted molar refractivity (Wildman–Crippen MR) is 87.2 cm³/mol. The Morgan fingerprint density at radius 1 is 1.00 bits per heavy atom. The van der Waals surface area contributed by atoms with E-state index in [9.17, 15) is 0 Å². The number of nitrogens with zero attached hydrogens (tertiary/aromatic N) is 7. The van der Waals surface area contributed by atoms with Crippen molar-refractivity contribution in [1.29, 1.82) is 0 Å². The minimum Gasteiger partial charge on any atom is -0.351 e. The SMILES string of the molecule is Cc1nnc2c(N3CCN(Cc4ccccn4)CC3)nccn12. The van der Waals surface area contributed by atoms with Gasteiger partial charge >= 0.3 is 0 Å². The molecule has 7 heteroatoms. The Morgan fingerprint density at radius 3 is 2.65 bits per heavy atom. The van der Waals surface area contributed by atoms with E-state index in [1.165, 1.54) is 0 Å². The maximum Gasteiger partial charge on any atom is 0.203 e. The molecule has 0 saturated carbocycles. The number of aryl methyl sites for hydroxylation is 1. The summed E-state index contributed by atoms with van der Waals surface area (Å²) < 4.78 is 1.99. The van der Waals surface area contributed by atoms with Crippen LogP contribution in [0.5, 0.6) is 0 Å². The van der Waals surface area contributed by atoms with E-state index >= 15 is 0 Å². The number of hydrogen-bond donors (Lipinski definition) is 0. The molecule has 0 N–H and O–H groups in total. The van der Waals surface area contributed by atoms with Crippen LogP contribution in [0.2, 0.25) is 0 Å². The van der Waals surface area contributed by atoms with Gasteiger partial charge in [-0.25, -0.2) is 4.98 Å². The highest BCUT2D eigenvalue weighted by Gasteiger charge is 2.21. The minimum absolute atomic E-state index is 0.836. The van der Waals surface area contributed by atoms with Gasteiger partial charge in [-0.2, -0.15) is 0 Å². The summed E-state index contributed by atoms with van der Waals surface area (Å²) in [7, 11) is 0. The van der Waals surface area contributed by atoms with E-state index in [1.54, 1.807) is 0 Å². The molecule has 0 spiro atoms. The zero-order valence-electron chi connectivity index (χ0n) is 13.1. The summed E-state index contributed by atoms with van der Waals surface area (Å²) in [5.41, 5.74) is 1.96. The summed E-state index contributed by atoms with van der Waals surface area (Å²) in [5.74, 6) is 1.81. The molecular weight excluding hydrogens is 290 g/mol. The van der Waals surface area contributed by atoms with Crippen molar-refractivity contribution in [2.75, 3.05) is 31.1 Å². The van der Waals surface area contributed by atoms with Crippen molar-refractivity contribution < 1.29 is 0 Å². The van der Waals surface area contributed by atoms with Crippen LogP contribution in [-0.4, -0.2) is 55.6 Å². The summed E-state index contributed by atoms with van der Waals surface area (Å²) in [6, 6.07) is 6.07. The van der Waals surface area contributed by atoms with Gasteiger partial charge in [-0.15, -0.1) is 10.2 Å². The Labute approximate surface area is 134 Å². The molecular formula is C16H19N7. The van der Waals surface area contributed by atoms with Gasteiger partial charge in [0.15, 0.2) is 5.82 Å². The Balaban J connectivity index is 1.47. The largest absolute Gasteiger partial charge is 0.351 e. The van der Waals surface area contributed by atoms with Crippen molar-refractivity contribution in [3.63, 3.8) is 0 Å². The molecule has 118 valence electrons. The normalized spacial score (nSPS) is 16.1. The highest BCUT2D eigenvalue weighted by molar-refractivity contribution is 5.63. The molecule has 0 amide bonds. The van der Waals surface area contributed by atoms with Crippen LogP contribution in [0.15, 0.2) is 36.8 Å². The van der Waals surface area contributed by atoms with Crippen LogP contribution >= 0.6 is 0 Å². The van der Waals surface area contributed by atoms with Crippen molar-refractivity contribution in [1.82, 2.24) is 29.5 Å². The van der Waals surface area contributed by atoms with Crippen LogP contribution in [0, 0.1) is 6.92 Å². The molecule has 0 radical (unpaired) electrons. The van der Waals surface area contributed by atoms with Gasteiger partial charge in [0.25, 0.3) is 0 Å². The Hall–Kier alpha value is -2.54. The van der Waals surface area contributed by atoms with Gasteiger partial charge in [-0.3, -0.25) is 14.3 Å². The Kier molecular flexibility index (Phi) is 3.63. The Bertz CT molecular complexity index is 791. The number of aromatic nitrogens is 5. The number of anilines is 1. The average molecular weight is 309 g/mol. The summed E-state index contributed by atoms with van der Waals surface area (Å²) in [6.07, 6.45) is 5.58. The quantitative estimate of drug-likeness (QED) is 0.723. The second-order valence-corrected chi connectivity index (χ2v) is 5.78. The fraction of sp³-hybridized carbons (Fsp3) is 0.375. The fourth-order valence-corrected chi connectivity index (χ4v) is 2.99. The number of rotatable bonds is 3. The van der Waals surface area contributed by atoms with Crippen molar-refractivity contribution in [3.8, 4) is 0 Å². The molecule has 3 aromatic rings. The number of hydrogen-bond acceptors (Lipinski definition) is 6. The first-order valence-electron chi connectivity index (χ1n) is 7.85. The van der Waals surface area contributed by atoms with E-state index in [0.29, 0.717) is 0 Å². The van der Waals surface area contributed by atoms with Crippen molar-refractivity contribution in [2.45, 2.75) is 13.5 Å². The van der Waals surface area contributed by atoms with Crippen LogP contribution in [0.25, 0.3) is 5.65 Å². The zero-order valence-corrected chi connectivity index (χ0v) is 13.1. The second kappa shape index (κ2) is 5.92. The van der Waals surface area contributed by atoms with E-state index in [2.05, 4.69) is 36.0 Å². The Morgan fingerprint density at radius 2 is 1.87 bits per heavy atom. The maximum absolute atomic E-state index is 4.52. The molecule has 0 aliphatic carbocycles. The molecule has 0 atom stereocenters. The maximum atomic E-state index is 4.52. The third kappa shape index (κ3) is 2.75. The molecule has 0 unspecified atom stereocenters. The molecule has 4 rings (SSSR count). The van der Waals surface area contributed by atoms with Crippen LogP contribution < -0.4 is 4.90 Å². The topological polar surface area (TPSA) is 62.5 Å². The first kappa shape index (κ1) is 14.1. The highest BCUT2D eigenvalue weighted by Crippen LogP contribution is 2.19. The first-order valence-corrected chi connectivity index (χ1v) is 7.85. The molecule has 7 nitrogen and oxygen atoms in total. The van der Waals surface area contributed by atoms with Crippen LogP contribution in [0.4, 0.5) is 5.82 Å². The molecule has 0 aromatic carbocycles. The number of pyridine rings is 1. The predicted octanol–water partition coefficient (Wildman–Crippen LogP) is 1.15. The number of fused-ring (bicyclic) bond motifs is 1. The summed E-state index contributed by atoms with van der Waals surface area (Å²) in [6.45, 7) is 6.71. The molecule has 1 aliphatic heterocycles. The first-order chi connectivity index (χ1) is 11.3. The smallest absolute Gasteiger partial charge is 0.203 e. The van der Waals surface area contributed by atoms with Gasteiger partial charge in [0.1, 0.15) is 5.82 Å². The van der Waals surface area contributed by atoms with Gasteiger partial charge in [-0.1, -0.05) is 6.07 Å². The summed E-state index contributed by atoms with van der Waals surface area (Å²) in [4.78, 5) is 13.6. The lowest BCUT2D eigenvalue weighted by Gasteiger charge is -2.35. The molecule has 1 saturated heterocycles. The summed E-state index contributed by atoms with van der Waals surface area (Å²) >= 11 is 0. The molecule has 1 fully saturated rings. The van der Waals surface area contributed by atoms with E-state index in [-0.39, 0.29) is 0 Å². The third-order valence-corrected chi connectivity index (χ3v) is 4.26. The van der Waals surface area contributed by atoms with E-state index in [0.717, 1.165) is 55.7 Å². The van der Waals surface area contributed by atoms with Crippen molar-refractivity contribution in [3.05, 3.63) is 48.3 Å². The van der Waals surface area contributed by atoms with E-state index in [1.807, 2.05) is 42.0 Å². The molecule has 4 heterocycles. The van der Waals surface area contributed by atoms with Gasteiger partial charge in [0.05, 0.1) is 5.69 Å². The lowest BCUT2D eigenvalue weighted by Crippen LogP contribution is -2.46. The van der Waals surface area contributed by atoms with Gasteiger partial charge in [0.2, 0.25) is 5.65 Å². The van der Waals surface area contributed by atoms with E-state index in [4.69, 9.17) is 0 Å². The third-order valence-electron chi connectivity index (χ3n) is 4.26. The van der Waals surface area contributed by atoms with Crippen molar-refractivity contribution >= 4 is 11.5 Å². The monoisotopic (exact) mass is 309 g/mol. The molecule has 23 heavy (non-hydrogen) atoms. The summed E-state index contributed by atoms with van der Waals surface area (Å²) in [5, 5.41) is 8.41. The van der Waals surface area contributed by atoms with Crippen LogP contribution in [0.1, 0.15) is 11.5 Å². The standard InChI is InChI=1S/C16H19N7/c1-13-19-20-16-15(18-6-7-23(13)16)22-10-8-21(9-11-22)12-14-4-2-3-5-17-14/h2-7H,8-12H2,1H3. The van der Waals surface area contributed by atoms with E-state index < -0.39 is 0 Å². The second-order valence-electron chi connectivity index (χ2n) is 5.78. The fourth-order valence-electron chi connectivity index (χ4n) is 2.99. The lowest BCUT2D eigenvalue weighted by atomic mass is 10.2. The molecule has 3 aromatic heterocycles. The van der Waals surface area contributed by atoms with Gasteiger partial charge in [0, 0.05) is 51.3 Å². The van der Waals surface area contributed by atoms with Gasteiger partial charge in [-0.05, 0) is 19.1 Å². The van der Waals surface area contributed by atoms with Crippen molar-refractivity contribution in [2.24, 2.45) is 0 Å². The zero-order chi connectivity index (χ0) is 15.6. The number of piperazine rings is 1. The lowest BCUT2D eigenvalue weighted by molar-refractivity contribution is 0.246. The average Bonchev–Trinajstić information content (AvgIpc) is 2.98. The van der Waals surface area contributed by atoms with Crippen LogP contribution in [0.3, 0.4) is 0 Å². The molecule has 1 aliphatic rings. The van der Waals surface area contributed by atoms with Gasteiger partial charge < -0.3 is 4.90 Å². The highest BCUT2D eigenvalue weighted by atomic mass is 15.3.